The van der Waals surface area contributed by atoms with Gasteiger partial charge < -0.3 is 19.2 Å². The Morgan fingerprint density at radius 1 is 1.21 bits per heavy atom. The van der Waals surface area contributed by atoms with Gasteiger partial charge in [-0.2, -0.15) is 0 Å². The lowest BCUT2D eigenvalue weighted by Crippen LogP contribution is -2.35. The standard InChI is InChI=1S/C26H29N3O4S/c1-17-7-2-4-10-21(17)33-16-18(30)13-29(14-19-8-6-12-32-19)15-23-27-25(31)24-20-9-3-5-11-22(20)34-26(24)28-23/h2,4,6-8,10,12,18,30H,3,5,9,11,13-16H2,1H3,(H,27,28,31)/t18-/m0/s1. The zero-order valence-corrected chi connectivity index (χ0v) is 20.1. The van der Waals surface area contributed by atoms with Crippen molar-refractivity contribution >= 4 is 21.6 Å². The number of hydrogen-bond donors (Lipinski definition) is 2. The monoisotopic (exact) mass is 479 g/mol. The molecule has 34 heavy (non-hydrogen) atoms. The van der Waals surface area contributed by atoms with E-state index in [9.17, 15) is 9.90 Å². The second kappa shape index (κ2) is 10.1. The van der Waals surface area contributed by atoms with E-state index < -0.39 is 6.10 Å². The highest BCUT2D eigenvalue weighted by Crippen LogP contribution is 2.33. The molecule has 5 rings (SSSR count). The molecule has 178 valence electrons. The van der Waals surface area contributed by atoms with E-state index in [0.717, 1.165) is 46.6 Å². The van der Waals surface area contributed by atoms with Gasteiger partial charge >= 0.3 is 0 Å². The molecule has 7 nitrogen and oxygen atoms in total. The fourth-order valence-electron chi connectivity index (χ4n) is 4.56. The van der Waals surface area contributed by atoms with Crippen LogP contribution in [0.1, 0.15) is 40.4 Å². The van der Waals surface area contributed by atoms with Crippen molar-refractivity contribution in [1.82, 2.24) is 14.9 Å². The molecule has 1 aromatic carbocycles. The van der Waals surface area contributed by atoms with Crippen LogP contribution in [-0.2, 0) is 25.9 Å². The quantitative estimate of drug-likeness (QED) is 0.374. The molecule has 1 aliphatic carbocycles. The molecular formula is C26H29N3O4S. The van der Waals surface area contributed by atoms with Crippen molar-refractivity contribution in [2.24, 2.45) is 0 Å². The maximum Gasteiger partial charge on any atom is 0.259 e. The average molecular weight is 480 g/mol. The van der Waals surface area contributed by atoms with Gasteiger partial charge in [0.05, 0.1) is 24.7 Å². The third-order valence-corrected chi connectivity index (χ3v) is 7.39. The molecule has 1 aliphatic rings. The van der Waals surface area contributed by atoms with Crippen LogP contribution in [0.15, 0.2) is 51.9 Å². The van der Waals surface area contributed by atoms with Crippen molar-refractivity contribution in [3.8, 4) is 5.75 Å². The summed E-state index contributed by atoms with van der Waals surface area (Å²) in [5.74, 6) is 2.13. The van der Waals surface area contributed by atoms with Gasteiger partial charge in [-0.15, -0.1) is 11.3 Å². The van der Waals surface area contributed by atoms with E-state index in [1.807, 2.05) is 48.2 Å². The van der Waals surface area contributed by atoms with E-state index in [1.165, 1.54) is 16.9 Å². The van der Waals surface area contributed by atoms with Gasteiger partial charge in [-0.25, -0.2) is 4.98 Å². The number of aliphatic hydroxyl groups is 1. The summed E-state index contributed by atoms with van der Waals surface area (Å²) in [5, 5.41) is 11.5. The maximum atomic E-state index is 12.9. The molecule has 1 atom stereocenters. The topological polar surface area (TPSA) is 91.6 Å². The van der Waals surface area contributed by atoms with Crippen molar-refractivity contribution in [2.45, 2.75) is 51.8 Å². The number of H-pyrrole nitrogens is 1. The number of aryl methyl sites for hydroxylation is 3. The summed E-state index contributed by atoms with van der Waals surface area (Å²) in [6.07, 6.45) is 5.19. The summed E-state index contributed by atoms with van der Waals surface area (Å²) in [7, 11) is 0. The summed E-state index contributed by atoms with van der Waals surface area (Å²) in [6, 6.07) is 11.5. The van der Waals surface area contributed by atoms with E-state index >= 15 is 0 Å². The number of para-hydroxylation sites is 1. The summed E-state index contributed by atoms with van der Waals surface area (Å²) >= 11 is 1.64. The normalized spacial score (nSPS) is 14.4. The Morgan fingerprint density at radius 3 is 2.88 bits per heavy atom. The van der Waals surface area contributed by atoms with Crippen LogP contribution in [0, 0.1) is 6.92 Å². The first-order valence-electron chi connectivity index (χ1n) is 11.7. The van der Waals surface area contributed by atoms with Crippen molar-refractivity contribution in [3.63, 3.8) is 0 Å². The molecule has 0 fully saturated rings. The number of benzene rings is 1. The first-order chi connectivity index (χ1) is 16.6. The minimum atomic E-state index is -0.723. The molecule has 0 saturated heterocycles. The number of nitrogens with zero attached hydrogens (tertiary/aromatic N) is 2. The molecule has 3 aromatic heterocycles. The third-order valence-electron chi connectivity index (χ3n) is 6.20. The molecule has 0 amide bonds. The van der Waals surface area contributed by atoms with Gasteiger partial charge in [-0.1, -0.05) is 18.2 Å². The molecule has 0 radical (unpaired) electrons. The van der Waals surface area contributed by atoms with Gasteiger partial charge in [-0.05, 0) is 61.9 Å². The van der Waals surface area contributed by atoms with Gasteiger partial charge in [-0.3, -0.25) is 9.69 Å². The number of aromatic nitrogens is 2. The Hall–Kier alpha value is -2.94. The van der Waals surface area contributed by atoms with Crippen molar-refractivity contribution < 1.29 is 14.3 Å². The zero-order chi connectivity index (χ0) is 23.5. The first-order valence-corrected chi connectivity index (χ1v) is 12.5. The van der Waals surface area contributed by atoms with E-state index in [-0.39, 0.29) is 12.2 Å². The third kappa shape index (κ3) is 5.09. The highest BCUT2D eigenvalue weighted by Gasteiger charge is 2.21. The first kappa shape index (κ1) is 22.8. The van der Waals surface area contributed by atoms with Crippen LogP contribution in [0.2, 0.25) is 0 Å². The Kier molecular flexibility index (Phi) is 6.80. The number of furan rings is 1. The van der Waals surface area contributed by atoms with Crippen LogP contribution in [0.4, 0.5) is 0 Å². The van der Waals surface area contributed by atoms with E-state index in [0.29, 0.717) is 25.5 Å². The zero-order valence-electron chi connectivity index (χ0n) is 19.3. The minimum Gasteiger partial charge on any atom is -0.491 e. The Bertz CT molecular complexity index is 1310. The van der Waals surface area contributed by atoms with Crippen molar-refractivity contribution in [1.29, 1.82) is 0 Å². The number of fused-ring (bicyclic) bond motifs is 3. The largest absolute Gasteiger partial charge is 0.491 e. The molecule has 0 bridgehead atoms. The summed E-state index contributed by atoms with van der Waals surface area (Å²) in [6.45, 7) is 3.36. The second-order valence-corrected chi connectivity index (χ2v) is 9.97. The van der Waals surface area contributed by atoms with Crippen LogP contribution >= 0.6 is 11.3 Å². The van der Waals surface area contributed by atoms with Crippen LogP contribution in [0.3, 0.4) is 0 Å². The molecule has 2 N–H and O–H groups in total. The van der Waals surface area contributed by atoms with E-state index in [2.05, 4.69) is 4.98 Å². The van der Waals surface area contributed by atoms with E-state index in [4.69, 9.17) is 14.1 Å². The molecule has 0 spiro atoms. The fraction of sp³-hybridized carbons (Fsp3) is 0.385. The second-order valence-electron chi connectivity index (χ2n) is 8.88. The van der Waals surface area contributed by atoms with E-state index in [1.54, 1.807) is 17.6 Å². The van der Waals surface area contributed by atoms with Crippen LogP contribution in [0.25, 0.3) is 10.2 Å². The van der Waals surface area contributed by atoms with Gasteiger partial charge in [0.2, 0.25) is 0 Å². The van der Waals surface area contributed by atoms with Gasteiger partial charge in [0.15, 0.2) is 0 Å². The lowest BCUT2D eigenvalue weighted by atomic mass is 9.97. The Morgan fingerprint density at radius 2 is 2.06 bits per heavy atom. The lowest BCUT2D eigenvalue weighted by molar-refractivity contribution is 0.0593. The van der Waals surface area contributed by atoms with Gasteiger partial charge in [0.25, 0.3) is 5.56 Å². The van der Waals surface area contributed by atoms with Crippen LogP contribution < -0.4 is 10.3 Å². The van der Waals surface area contributed by atoms with Crippen molar-refractivity contribution in [3.05, 3.63) is 80.6 Å². The Labute approximate surface area is 202 Å². The number of aliphatic hydroxyl groups excluding tert-OH is 1. The molecule has 3 heterocycles. The number of ether oxygens (including phenoxy) is 1. The maximum absolute atomic E-state index is 12.9. The summed E-state index contributed by atoms with van der Waals surface area (Å²) in [4.78, 5) is 24.9. The summed E-state index contributed by atoms with van der Waals surface area (Å²) < 4.78 is 11.4. The smallest absolute Gasteiger partial charge is 0.259 e. The number of rotatable bonds is 9. The average Bonchev–Trinajstić information content (AvgIpc) is 3.46. The minimum absolute atomic E-state index is 0.0687. The van der Waals surface area contributed by atoms with Crippen LogP contribution in [0.5, 0.6) is 5.75 Å². The molecule has 0 aliphatic heterocycles. The molecule has 4 aromatic rings. The van der Waals surface area contributed by atoms with Crippen LogP contribution in [-0.4, -0.2) is 39.2 Å². The highest BCUT2D eigenvalue weighted by molar-refractivity contribution is 7.18. The van der Waals surface area contributed by atoms with Crippen molar-refractivity contribution in [2.75, 3.05) is 13.2 Å². The Balaban J connectivity index is 1.33. The number of thiophene rings is 1. The number of nitrogens with one attached hydrogen (secondary N) is 1. The lowest BCUT2D eigenvalue weighted by Gasteiger charge is -2.24. The predicted molar refractivity (Wildman–Crippen MR) is 132 cm³/mol. The molecule has 0 saturated carbocycles. The van der Waals surface area contributed by atoms with Gasteiger partial charge in [0, 0.05) is 11.4 Å². The molecule has 8 heteroatoms. The number of hydrogen-bond acceptors (Lipinski definition) is 7. The van der Waals surface area contributed by atoms with Gasteiger partial charge in [0.1, 0.15) is 34.9 Å². The fourth-order valence-corrected chi connectivity index (χ4v) is 5.84. The SMILES string of the molecule is Cc1ccccc1OC[C@@H](O)CN(Cc1nc2sc3c(c2c(=O)[nH]1)CCCC3)Cc1ccco1. The summed E-state index contributed by atoms with van der Waals surface area (Å²) in [5.41, 5.74) is 2.14. The predicted octanol–water partition coefficient (Wildman–Crippen LogP) is 4.21. The number of aromatic amines is 1. The highest BCUT2D eigenvalue weighted by atomic mass is 32.1. The molecule has 0 unspecified atom stereocenters. The molecular weight excluding hydrogens is 450 g/mol.